The first-order valence-corrected chi connectivity index (χ1v) is 2.55. The van der Waals surface area contributed by atoms with E-state index in [-0.39, 0.29) is 4.59 Å². The van der Waals surface area contributed by atoms with Gasteiger partial charge in [0.2, 0.25) is 0 Å². The SMILES string of the molecule is C[N+]1(C(N)=O)C=CC=N1. The fourth-order valence-electron chi connectivity index (χ4n) is 0.552. The molecule has 0 radical (unpaired) electrons. The third-order valence-corrected chi connectivity index (χ3v) is 1.22. The van der Waals surface area contributed by atoms with Gasteiger partial charge in [-0.3, -0.25) is 0 Å². The summed E-state index contributed by atoms with van der Waals surface area (Å²) in [6.45, 7) is 0. The molecular weight excluding hydrogens is 118 g/mol. The van der Waals surface area contributed by atoms with Gasteiger partial charge in [0, 0.05) is 6.08 Å². The number of carbonyl (C=O) groups excluding carboxylic acids is 1. The minimum atomic E-state index is -0.472. The van der Waals surface area contributed by atoms with E-state index in [9.17, 15) is 4.79 Å². The Morgan fingerprint density at radius 3 is 2.67 bits per heavy atom. The van der Waals surface area contributed by atoms with Gasteiger partial charge in [-0.05, 0) is 0 Å². The maximum atomic E-state index is 10.6. The van der Waals surface area contributed by atoms with Gasteiger partial charge in [0.05, 0.1) is 6.21 Å². The minimum Gasteiger partial charge on any atom is -0.316 e. The standard InChI is InChI=1S/C5H7N3O/c1-8(5(6)9)4-2-3-7-8/h2-4H,1H3,(H-,6,9)/p+1. The van der Waals surface area contributed by atoms with Crippen LogP contribution in [0.3, 0.4) is 0 Å². The zero-order valence-electron chi connectivity index (χ0n) is 5.11. The molecule has 0 spiro atoms. The lowest BCUT2D eigenvalue weighted by atomic mass is 10.6. The second-order valence-electron chi connectivity index (χ2n) is 1.97. The lowest BCUT2D eigenvalue weighted by Gasteiger charge is -2.12. The van der Waals surface area contributed by atoms with Gasteiger partial charge in [-0.2, -0.15) is 0 Å². The smallest absolute Gasteiger partial charge is 0.316 e. The molecule has 0 saturated carbocycles. The highest BCUT2D eigenvalue weighted by Gasteiger charge is 2.28. The van der Waals surface area contributed by atoms with E-state index in [1.165, 1.54) is 0 Å². The van der Waals surface area contributed by atoms with Crippen LogP contribution in [0.4, 0.5) is 4.79 Å². The van der Waals surface area contributed by atoms with Crippen molar-refractivity contribution in [1.82, 2.24) is 0 Å². The van der Waals surface area contributed by atoms with E-state index in [0.29, 0.717) is 0 Å². The van der Waals surface area contributed by atoms with Gasteiger partial charge in [-0.25, -0.2) is 4.79 Å². The van der Waals surface area contributed by atoms with Crippen molar-refractivity contribution in [3.8, 4) is 0 Å². The molecule has 48 valence electrons. The first kappa shape index (κ1) is 5.97. The Morgan fingerprint density at radius 2 is 2.44 bits per heavy atom. The van der Waals surface area contributed by atoms with Crippen LogP contribution in [0.5, 0.6) is 0 Å². The molecule has 9 heavy (non-hydrogen) atoms. The van der Waals surface area contributed by atoms with Gasteiger partial charge in [0.25, 0.3) is 0 Å². The van der Waals surface area contributed by atoms with Gasteiger partial charge >= 0.3 is 6.03 Å². The van der Waals surface area contributed by atoms with Crippen molar-refractivity contribution in [2.45, 2.75) is 0 Å². The van der Waals surface area contributed by atoms with Crippen molar-refractivity contribution in [3.05, 3.63) is 12.3 Å². The number of carbonyl (C=O) groups is 1. The molecule has 0 saturated heterocycles. The summed E-state index contributed by atoms with van der Waals surface area (Å²) in [6.07, 6.45) is 4.85. The average Bonchev–Trinajstić information content (AvgIpc) is 2.16. The highest BCUT2D eigenvalue weighted by Crippen LogP contribution is 2.07. The van der Waals surface area contributed by atoms with E-state index in [0.717, 1.165) is 0 Å². The molecule has 4 heteroatoms. The van der Waals surface area contributed by atoms with Gasteiger partial charge in [0.1, 0.15) is 13.2 Å². The Balaban J connectivity index is 2.88. The number of allylic oxidation sites excluding steroid dienone is 1. The summed E-state index contributed by atoms with van der Waals surface area (Å²) in [5.41, 5.74) is 5.00. The molecule has 0 aliphatic carbocycles. The fraction of sp³-hybridized carbons (Fsp3) is 0.200. The topological polar surface area (TPSA) is 55.5 Å². The summed E-state index contributed by atoms with van der Waals surface area (Å²) in [6, 6.07) is -0.472. The van der Waals surface area contributed by atoms with Crippen LogP contribution < -0.4 is 5.73 Å². The van der Waals surface area contributed by atoms with Crippen LogP contribution in [0.25, 0.3) is 0 Å². The predicted molar refractivity (Wildman–Crippen MR) is 33.4 cm³/mol. The second kappa shape index (κ2) is 1.66. The van der Waals surface area contributed by atoms with E-state index in [1.54, 1.807) is 25.5 Å². The van der Waals surface area contributed by atoms with E-state index < -0.39 is 6.03 Å². The summed E-state index contributed by atoms with van der Waals surface area (Å²) in [5.74, 6) is 0. The molecule has 0 aromatic carbocycles. The Morgan fingerprint density at radius 1 is 1.78 bits per heavy atom. The van der Waals surface area contributed by atoms with Crippen molar-refractivity contribution >= 4 is 12.2 Å². The number of nitrogens with zero attached hydrogens (tertiary/aromatic N) is 2. The molecule has 1 rings (SSSR count). The maximum Gasteiger partial charge on any atom is 0.445 e. The minimum absolute atomic E-state index is 0.167. The Bertz CT molecular complexity index is 182. The summed E-state index contributed by atoms with van der Waals surface area (Å²) in [7, 11) is 1.61. The molecule has 1 aliphatic rings. The van der Waals surface area contributed by atoms with E-state index in [1.807, 2.05) is 0 Å². The number of nitrogens with two attached hydrogens (primary N) is 1. The third-order valence-electron chi connectivity index (χ3n) is 1.22. The molecule has 0 aromatic rings. The molecule has 1 unspecified atom stereocenters. The van der Waals surface area contributed by atoms with Crippen LogP contribution in [0, 0.1) is 0 Å². The van der Waals surface area contributed by atoms with Crippen LogP contribution >= 0.6 is 0 Å². The molecule has 0 fully saturated rings. The normalized spacial score (nSPS) is 31.2. The Hall–Kier alpha value is -1.16. The number of quaternary nitrogens is 1. The molecule has 1 atom stereocenters. The number of hydrogen-bond acceptors (Lipinski definition) is 2. The van der Waals surface area contributed by atoms with Gasteiger partial charge in [-0.1, -0.05) is 9.69 Å². The van der Waals surface area contributed by atoms with Crippen LogP contribution in [0.2, 0.25) is 0 Å². The molecule has 1 heterocycles. The largest absolute Gasteiger partial charge is 0.445 e. The summed E-state index contributed by atoms with van der Waals surface area (Å²) < 4.78 is -0.167. The van der Waals surface area contributed by atoms with Crippen LogP contribution in [0.15, 0.2) is 17.4 Å². The summed E-state index contributed by atoms with van der Waals surface area (Å²) in [5, 5.41) is 3.79. The summed E-state index contributed by atoms with van der Waals surface area (Å²) >= 11 is 0. The van der Waals surface area contributed by atoms with E-state index in [4.69, 9.17) is 5.73 Å². The molecular formula is C5H8N3O+. The highest BCUT2D eigenvalue weighted by atomic mass is 16.2. The van der Waals surface area contributed by atoms with Crippen molar-refractivity contribution in [2.24, 2.45) is 10.8 Å². The Labute approximate surface area is 52.8 Å². The lowest BCUT2D eigenvalue weighted by molar-refractivity contribution is -0.778. The number of rotatable bonds is 0. The molecule has 0 bridgehead atoms. The molecule has 4 nitrogen and oxygen atoms in total. The van der Waals surface area contributed by atoms with E-state index >= 15 is 0 Å². The molecule has 0 aromatic heterocycles. The first-order chi connectivity index (χ1) is 4.15. The van der Waals surface area contributed by atoms with Gasteiger partial charge < -0.3 is 5.73 Å². The number of hydrogen-bond donors (Lipinski definition) is 1. The maximum absolute atomic E-state index is 10.6. The van der Waals surface area contributed by atoms with Crippen LogP contribution in [-0.4, -0.2) is 23.9 Å². The number of amides is 2. The predicted octanol–water partition coefficient (Wildman–Crippen LogP) is 0.0248. The lowest BCUT2D eigenvalue weighted by Crippen LogP contribution is -2.41. The molecule has 2 amide bonds. The van der Waals surface area contributed by atoms with Crippen molar-refractivity contribution in [1.29, 1.82) is 0 Å². The first-order valence-electron chi connectivity index (χ1n) is 2.55. The Kier molecular flexibility index (Phi) is 1.10. The fourth-order valence-corrected chi connectivity index (χ4v) is 0.552. The molecule has 1 aliphatic heterocycles. The van der Waals surface area contributed by atoms with Crippen LogP contribution in [0.1, 0.15) is 0 Å². The number of urea groups is 1. The van der Waals surface area contributed by atoms with Crippen molar-refractivity contribution in [2.75, 3.05) is 7.05 Å². The number of primary amides is 1. The highest BCUT2D eigenvalue weighted by molar-refractivity contribution is 5.75. The second-order valence-corrected chi connectivity index (χ2v) is 1.97. The average molecular weight is 126 g/mol. The molecule has 2 N–H and O–H groups in total. The monoisotopic (exact) mass is 126 g/mol. The zero-order chi connectivity index (χ0) is 6.91. The van der Waals surface area contributed by atoms with Crippen molar-refractivity contribution < 1.29 is 9.39 Å². The van der Waals surface area contributed by atoms with Gasteiger partial charge in [-0.15, -0.1) is 0 Å². The van der Waals surface area contributed by atoms with Crippen LogP contribution in [-0.2, 0) is 0 Å². The third kappa shape index (κ3) is 0.837. The van der Waals surface area contributed by atoms with Gasteiger partial charge in [0.15, 0.2) is 0 Å². The zero-order valence-corrected chi connectivity index (χ0v) is 5.11. The quantitative estimate of drug-likeness (QED) is 0.457. The summed E-state index contributed by atoms with van der Waals surface area (Å²) in [4.78, 5) is 10.6. The van der Waals surface area contributed by atoms with Crippen molar-refractivity contribution in [3.63, 3.8) is 0 Å². The van der Waals surface area contributed by atoms with E-state index in [2.05, 4.69) is 5.10 Å².